The van der Waals surface area contributed by atoms with E-state index in [1.54, 1.807) is 13.0 Å². The van der Waals surface area contributed by atoms with Crippen LogP contribution in [-0.2, 0) is 4.79 Å². The quantitative estimate of drug-likeness (QED) is 0.718. The second-order valence-electron chi connectivity index (χ2n) is 4.97. The van der Waals surface area contributed by atoms with E-state index in [0.717, 1.165) is 25.1 Å². The lowest BCUT2D eigenvalue weighted by molar-refractivity contribution is -0.121. The second kappa shape index (κ2) is 5.86. The van der Waals surface area contributed by atoms with Crippen molar-refractivity contribution in [2.24, 2.45) is 0 Å². The molecule has 1 unspecified atom stereocenters. The molecule has 0 aliphatic heterocycles. The fraction of sp³-hybridized carbons (Fsp3) is 0.615. The largest absolute Gasteiger partial charge is 0.384 e. The summed E-state index contributed by atoms with van der Waals surface area (Å²) in [6, 6.07) is 1.32. The molecule has 0 radical (unpaired) electrons. The number of rotatable bonds is 6. The molecule has 1 aliphatic carbocycles. The zero-order valence-electron chi connectivity index (χ0n) is 11.4. The van der Waals surface area contributed by atoms with Crippen molar-refractivity contribution in [2.45, 2.75) is 45.1 Å². The van der Waals surface area contributed by atoms with E-state index in [4.69, 9.17) is 5.73 Å². The molecule has 4 N–H and O–H groups in total. The van der Waals surface area contributed by atoms with Crippen molar-refractivity contribution in [1.82, 2.24) is 15.3 Å². The number of amides is 1. The SMILES string of the molecule is CCCNC(=O)C(C)Nc1cc(N)nc(C2CC2)n1. The molecule has 6 heteroatoms. The van der Waals surface area contributed by atoms with Gasteiger partial charge in [0.25, 0.3) is 0 Å². The fourth-order valence-electron chi connectivity index (χ4n) is 1.77. The molecule has 1 aromatic rings. The van der Waals surface area contributed by atoms with Crippen LogP contribution in [0.15, 0.2) is 6.07 Å². The number of anilines is 2. The predicted molar refractivity (Wildman–Crippen MR) is 74.8 cm³/mol. The number of carbonyl (C=O) groups is 1. The molecule has 1 aliphatic rings. The van der Waals surface area contributed by atoms with Crippen LogP contribution >= 0.6 is 0 Å². The highest BCUT2D eigenvalue weighted by atomic mass is 16.2. The zero-order valence-corrected chi connectivity index (χ0v) is 11.4. The van der Waals surface area contributed by atoms with Crippen LogP contribution in [0.1, 0.15) is 44.9 Å². The van der Waals surface area contributed by atoms with Gasteiger partial charge in [-0.1, -0.05) is 6.92 Å². The summed E-state index contributed by atoms with van der Waals surface area (Å²) in [7, 11) is 0. The van der Waals surface area contributed by atoms with Crippen LogP contribution in [0.5, 0.6) is 0 Å². The Labute approximate surface area is 113 Å². The molecule has 1 aromatic heterocycles. The lowest BCUT2D eigenvalue weighted by atomic mass is 10.3. The number of carbonyl (C=O) groups excluding carboxylic acids is 1. The summed E-state index contributed by atoms with van der Waals surface area (Å²) in [6.45, 7) is 4.51. The first-order chi connectivity index (χ1) is 9.10. The molecule has 6 nitrogen and oxygen atoms in total. The number of hydrogen-bond donors (Lipinski definition) is 3. The summed E-state index contributed by atoms with van der Waals surface area (Å²) in [4.78, 5) is 20.4. The average molecular weight is 263 g/mol. The Hall–Kier alpha value is -1.85. The van der Waals surface area contributed by atoms with Gasteiger partial charge in [-0.05, 0) is 26.2 Å². The maximum Gasteiger partial charge on any atom is 0.242 e. The first-order valence-electron chi connectivity index (χ1n) is 6.79. The van der Waals surface area contributed by atoms with Crippen molar-refractivity contribution >= 4 is 17.5 Å². The molecule has 0 aromatic carbocycles. The number of nitrogens with two attached hydrogens (primary N) is 1. The van der Waals surface area contributed by atoms with Crippen LogP contribution in [0.4, 0.5) is 11.6 Å². The van der Waals surface area contributed by atoms with Gasteiger partial charge in [-0.15, -0.1) is 0 Å². The third-order valence-corrected chi connectivity index (χ3v) is 3.01. The van der Waals surface area contributed by atoms with Gasteiger partial charge in [0, 0.05) is 18.5 Å². The van der Waals surface area contributed by atoms with E-state index in [1.807, 2.05) is 6.92 Å². The molecule has 0 bridgehead atoms. The number of hydrogen-bond acceptors (Lipinski definition) is 5. The van der Waals surface area contributed by atoms with Crippen LogP contribution in [0.3, 0.4) is 0 Å². The minimum atomic E-state index is -0.340. The van der Waals surface area contributed by atoms with E-state index < -0.39 is 0 Å². The second-order valence-corrected chi connectivity index (χ2v) is 4.97. The van der Waals surface area contributed by atoms with E-state index in [0.29, 0.717) is 24.1 Å². The summed E-state index contributed by atoms with van der Waals surface area (Å²) in [5.41, 5.74) is 5.77. The Balaban J connectivity index is 1.99. The lowest BCUT2D eigenvalue weighted by Gasteiger charge is -2.15. The number of nitrogens with zero attached hydrogens (tertiary/aromatic N) is 2. The minimum Gasteiger partial charge on any atom is -0.384 e. The summed E-state index contributed by atoms with van der Waals surface area (Å²) in [5.74, 6) is 2.25. The highest BCUT2D eigenvalue weighted by molar-refractivity contribution is 5.83. The summed E-state index contributed by atoms with van der Waals surface area (Å²) >= 11 is 0. The Morgan fingerprint density at radius 2 is 2.26 bits per heavy atom. The van der Waals surface area contributed by atoms with Crippen LogP contribution in [0.2, 0.25) is 0 Å². The molecule has 1 amide bonds. The average Bonchev–Trinajstić information content (AvgIpc) is 3.19. The minimum absolute atomic E-state index is 0.0352. The van der Waals surface area contributed by atoms with Crippen molar-refractivity contribution in [3.8, 4) is 0 Å². The van der Waals surface area contributed by atoms with Gasteiger partial charge in [0.15, 0.2) is 0 Å². The molecule has 0 spiro atoms. The van der Waals surface area contributed by atoms with Gasteiger partial charge < -0.3 is 16.4 Å². The molecule has 19 heavy (non-hydrogen) atoms. The van der Waals surface area contributed by atoms with Crippen molar-refractivity contribution in [2.75, 3.05) is 17.6 Å². The molecular weight excluding hydrogens is 242 g/mol. The van der Waals surface area contributed by atoms with Crippen LogP contribution in [0, 0.1) is 0 Å². The predicted octanol–water partition coefficient (Wildman–Crippen LogP) is 1.26. The van der Waals surface area contributed by atoms with Crippen LogP contribution < -0.4 is 16.4 Å². The zero-order chi connectivity index (χ0) is 13.8. The standard InChI is InChI=1S/C13H21N5O/c1-3-6-15-13(19)8(2)16-11-7-10(14)17-12(18-11)9-4-5-9/h7-9H,3-6H2,1-2H3,(H,15,19)(H3,14,16,17,18). The van der Waals surface area contributed by atoms with Crippen LogP contribution in [0.25, 0.3) is 0 Å². The maximum absolute atomic E-state index is 11.8. The Morgan fingerprint density at radius 3 is 2.89 bits per heavy atom. The normalized spacial score (nSPS) is 15.9. The van der Waals surface area contributed by atoms with E-state index in [-0.39, 0.29) is 11.9 Å². The number of aromatic nitrogens is 2. The van der Waals surface area contributed by atoms with Gasteiger partial charge >= 0.3 is 0 Å². The Bertz CT molecular complexity index is 458. The van der Waals surface area contributed by atoms with E-state index in [1.165, 1.54) is 0 Å². The molecule has 1 heterocycles. The first kappa shape index (κ1) is 13.6. The number of nitrogens with one attached hydrogen (secondary N) is 2. The summed E-state index contributed by atoms with van der Waals surface area (Å²) in [6.07, 6.45) is 3.16. The van der Waals surface area contributed by atoms with Gasteiger partial charge in [-0.25, -0.2) is 9.97 Å². The molecule has 104 valence electrons. The van der Waals surface area contributed by atoms with Gasteiger partial charge in [0.05, 0.1) is 0 Å². The summed E-state index contributed by atoms with van der Waals surface area (Å²) in [5, 5.41) is 5.91. The lowest BCUT2D eigenvalue weighted by Crippen LogP contribution is -2.38. The first-order valence-corrected chi connectivity index (χ1v) is 6.79. The maximum atomic E-state index is 11.8. The smallest absolute Gasteiger partial charge is 0.242 e. The fourth-order valence-corrected chi connectivity index (χ4v) is 1.77. The topological polar surface area (TPSA) is 92.9 Å². The van der Waals surface area contributed by atoms with E-state index in [9.17, 15) is 4.79 Å². The Kier molecular flexibility index (Phi) is 4.19. The molecule has 1 fully saturated rings. The third kappa shape index (κ3) is 3.81. The van der Waals surface area contributed by atoms with Crippen molar-refractivity contribution in [1.29, 1.82) is 0 Å². The number of nitrogen functional groups attached to an aromatic ring is 1. The van der Waals surface area contributed by atoms with Gasteiger partial charge in [0.1, 0.15) is 23.5 Å². The molecular formula is C13H21N5O. The highest BCUT2D eigenvalue weighted by Crippen LogP contribution is 2.38. The van der Waals surface area contributed by atoms with Crippen LogP contribution in [-0.4, -0.2) is 28.5 Å². The van der Waals surface area contributed by atoms with Crippen molar-refractivity contribution in [3.63, 3.8) is 0 Å². The molecule has 2 rings (SSSR count). The van der Waals surface area contributed by atoms with Crippen molar-refractivity contribution < 1.29 is 4.79 Å². The summed E-state index contributed by atoms with van der Waals surface area (Å²) < 4.78 is 0. The van der Waals surface area contributed by atoms with Gasteiger partial charge in [-0.3, -0.25) is 4.79 Å². The Morgan fingerprint density at radius 1 is 1.53 bits per heavy atom. The van der Waals surface area contributed by atoms with Gasteiger partial charge in [-0.2, -0.15) is 0 Å². The monoisotopic (exact) mass is 263 g/mol. The van der Waals surface area contributed by atoms with Gasteiger partial charge in [0.2, 0.25) is 5.91 Å². The molecule has 1 saturated carbocycles. The van der Waals surface area contributed by atoms with Crippen molar-refractivity contribution in [3.05, 3.63) is 11.9 Å². The van der Waals surface area contributed by atoms with E-state index in [2.05, 4.69) is 20.6 Å². The van der Waals surface area contributed by atoms with E-state index >= 15 is 0 Å². The third-order valence-electron chi connectivity index (χ3n) is 3.01. The molecule has 1 atom stereocenters. The molecule has 0 saturated heterocycles. The highest BCUT2D eigenvalue weighted by Gasteiger charge is 2.27.